The average molecular weight is 399 g/mol. The number of nitrogens with one attached hydrogen (secondary N) is 1. The summed E-state index contributed by atoms with van der Waals surface area (Å²) in [7, 11) is -2.99. The number of allylic oxidation sites excluding steroid dienone is 1. The van der Waals surface area contributed by atoms with Crippen LogP contribution in [0.5, 0.6) is 0 Å². The smallest absolute Gasteiger partial charge is 0.230 e. The third kappa shape index (κ3) is 4.88. The van der Waals surface area contributed by atoms with Gasteiger partial charge in [-0.1, -0.05) is 37.1 Å². The molecule has 1 atom stereocenters. The van der Waals surface area contributed by atoms with Crippen LogP contribution in [0.2, 0.25) is 0 Å². The van der Waals surface area contributed by atoms with Gasteiger partial charge in [-0.2, -0.15) is 0 Å². The molecule has 1 amide bonds. The normalized spacial score (nSPS) is 23.0. The summed E-state index contributed by atoms with van der Waals surface area (Å²) in [6.45, 7) is 4.45. The molecule has 2 fully saturated rings. The second kappa shape index (κ2) is 8.56. The molecule has 1 aliphatic carbocycles. The molecule has 1 saturated heterocycles. The van der Waals surface area contributed by atoms with Crippen LogP contribution in [-0.2, 0) is 21.2 Å². The molecule has 144 valence electrons. The highest BCUT2D eigenvalue weighted by molar-refractivity contribution is 7.99. The molecule has 26 heavy (non-hydrogen) atoms. The highest BCUT2D eigenvalue weighted by Gasteiger charge is 2.29. The zero-order valence-corrected chi connectivity index (χ0v) is 16.5. The first kappa shape index (κ1) is 19.4. The van der Waals surface area contributed by atoms with Gasteiger partial charge in [0.15, 0.2) is 15.0 Å². The van der Waals surface area contributed by atoms with Gasteiger partial charge in [-0.05, 0) is 19.3 Å². The Labute approximate surface area is 158 Å². The van der Waals surface area contributed by atoms with Crippen LogP contribution < -0.4 is 5.32 Å². The number of hydrogen-bond acceptors (Lipinski definition) is 6. The minimum atomic E-state index is -2.99. The first-order valence-corrected chi connectivity index (χ1v) is 12.0. The van der Waals surface area contributed by atoms with E-state index in [0.29, 0.717) is 18.9 Å². The molecule has 3 rings (SSSR count). The lowest BCUT2D eigenvalue weighted by atomic mass is 9.89. The molecule has 9 heteroatoms. The van der Waals surface area contributed by atoms with Crippen molar-refractivity contribution in [1.82, 2.24) is 20.1 Å². The van der Waals surface area contributed by atoms with Crippen LogP contribution >= 0.6 is 11.8 Å². The first-order valence-electron chi connectivity index (χ1n) is 9.15. The van der Waals surface area contributed by atoms with E-state index in [-0.39, 0.29) is 29.2 Å². The summed E-state index contributed by atoms with van der Waals surface area (Å²) in [5.74, 6) is 1.67. The zero-order chi connectivity index (χ0) is 18.6. The van der Waals surface area contributed by atoms with Crippen molar-refractivity contribution < 1.29 is 13.2 Å². The van der Waals surface area contributed by atoms with E-state index >= 15 is 0 Å². The lowest BCUT2D eigenvalue weighted by molar-refractivity contribution is -0.119. The largest absolute Gasteiger partial charge is 0.352 e. The van der Waals surface area contributed by atoms with Crippen LogP contribution in [0.1, 0.15) is 50.3 Å². The van der Waals surface area contributed by atoms with Crippen molar-refractivity contribution in [2.75, 3.05) is 17.3 Å². The van der Waals surface area contributed by atoms with Crippen molar-refractivity contribution >= 4 is 27.5 Å². The lowest BCUT2D eigenvalue weighted by Crippen LogP contribution is -2.36. The second-order valence-electron chi connectivity index (χ2n) is 7.03. The van der Waals surface area contributed by atoms with E-state index in [9.17, 15) is 13.2 Å². The van der Waals surface area contributed by atoms with Gasteiger partial charge >= 0.3 is 0 Å². The van der Waals surface area contributed by atoms with Crippen LogP contribution in [0.3, 0.4) is 0 Å². The maximum absolute atomic E-state index is 12.2. The molecule has 7 nitrogen and oxygen atoms in total. The second-order valence-corrected chi connectivity index (χ2v) is 10.2. The van der Waals surface area contributed by atoms with Crippen LogP contribution in [-0.4, -0.2) is 52.4 Å². The SMILES string of the molecule is C=CCn1c(SCC(=O)N[C@H]2CCS(=O)(=O)C2)nnc1C1CCCCC1. The molecular formula is C17H26N4O3S2. The van der Waals surface area contributed by atoms with E-state index in [2.05, 4.69) is 26.7 Å². The topological polar surface area (TPSA) is 94.0 Å². The Kier molecular flexibility index (Phi) is 6.39. The summed E-state index contributed by atoms with van der Waals surface area (Å²) in [6.07, 6.45) is 8.32. The van der Waals surface area contributed by atoms with Gasteiger partial charge in [0, 0.05) is 18.5 Å². The quantitative estimate of drug-likeness (QED) is 0.557. The molecular weight excluding hydrogens is 372 g/mol. The number of rotatable bonds is 7. The number of thioether (sulfide) groups is 1. The highest BCUT2D eigenvalue weighted by Crippen LogP contribution is 2.33. The number of nitrogens with zero attached hydrogens (tertiary/aromatic N) is 3. The van der Waals surface area contributed by atoms with Gasteiger partial charge in [0.05, 0.1) is 17.3 Å². The summed E-state index contributed by atoms with van der Waals surface area (Å²) in [6, 6.07) is -0.267. The molecule has 0 radical (unpaired) electrons. The third-order valence-electron chi connectivity index (χ3n) is 4.96. The molecule has 1 aromatic rings. The maximum Gasteiger partial charge on any atom is 0.230 e. The Balaban J connectivity index is 1.59. The van der Waals surface area contributed by atoms with Crippen molar-refractivity contribution in [1.29, 1.82) is 0 Å². The maximum atomic E-state index is 12.2. The van der Waals surface area contributed by atoms with Gasteiger partial charge in [-0.3, -0.25) is 4.79 Å². The monoisotopic (exact) mass is 398 g/mol. The molecule has 0 unspecified atom stereocenters. The molecule has 1 N–H and O–H groups in total. The molecule has 2 aliphatic rings. The van der Waals surface area contributed by atoms with Gasteiger partial charge in [0.25, 0.3) is 0 Å². The van der Waals surface area contributed by atoms with Gasteiger partial charge in [0.2, 0.25) is 5.91 Å². The highest BCUT2D eigenvalue weighted by atomic mass is 32.2. The Morgan fingerprint density at radius 2 is 2.04 bits per heavy atom. The van der Waals surface area contributed by atoms with Crippen molar-refractivity contribution in [2.45, 2.75) is 62.2 Å². The Morgan fingerprint density at radius 3 is 2.69 bits per heavy atom. The van der Waals surface area contributed by atoms with Crippen molar-refractivity contribution in [3.8, 4) is 0 Å². The van der Waals surface area contributed by atoms with Gasteiger partial charge < -0.3 is 9.88 Å². The van der Waals surface area contributed by atoms with Crippen LogP contribution in [0.25, 0.3) is 0 Å². The van der Waals surface area contributed by atoms with Crippen molar-refractivity contribution in [2.24, 2.45) is 0 Å². The molecule has 0 aromatic carbocycles. The fourth-order valence-corrected chi connectivity index (χ4v) is 6.12. The predicted octanol–water partition coefficient (Wildman–Crippen LogP) is 1.91. The molecule has 0 spiro atoms. The Hall–Kier alpha value is -1.35. The fourth-order valence-electron chi connectivity index (χ4n) is 3.68. The summed E-state index contributed by atoms with van der Waals surface area (Å²) < 4.78 is 25.0. The molecule has 1 saturated carbocycles. The number of aromatic nitrogens is 3. The molecule has 1 aliphatic heterocycles. The minimum absolute atomic E-state index is 0.0435. The van der Waals surface area contributed by atoms with Crippen molar-refractivity contribution in [3.05, 3.63) is 18.5 Å². The Morgan fingerprint density at radius 1 is 1.27 bits per heavy atom. The summed E-state index contributed by atoms with van der Waals surface area (Å²) in [5, 5.41) is 12.2. The Bertz CT molecular complexity index is 754. The van der Waals surface area contributed by atoms with Crippen LogP contribution in [0.4, 0.5) is 0 Å². The summed E-state index contributed by atoms with van der Waals surface area (Å²) >= 11 is 1.34. The van der Waals surface area contributed by atoms with Crippen molar-refractivity contribution in [3.63, 3.8) is 0 Å². The van der Waals surface area contributed by atoms with E-state index in [1.807, 2.05) is 6.08 Å². The summed E-state index contributed by atoms with van der Waals surface area (Å²) in [4.78, 5) is 12.2. The van der Waals surface area contributed by atoms with E-state index < -0.39 is 9.84 Å². The molecule has 0 bridgehead atoms. The van der Waals surface area contributed by atoms with Crippen LogP contribution in [0, 0.1) is 0 Å². The summed E-state index contributed by atoms with van der Waals surface area (Å²) in [5.41, 5.74) is 0. The standard InChI is InChI=1S/C17H26N4O3S2/c1-2-9-21-16(13-6-4-3-5-7-13)19-20-17(21)25-11-15(22)18-14-8-10-26(23,24)12-14/h2,13-14H,1,3-12H2,(H,18,22)/t14-/m0/s1. The number of sulfone groups is 1. The van der Waals surface area contributed by atoms with Gasteiger partial charge in [-0.15, -0.1) is 16.8 Å². The number of carbonyl (C=O) groups excluding carboxylic acids is 1. The van der Waals surface area contributed by atoms with E-state index in [1.54, 1.807) is 0 Å². The fraction of sp³-hybridized carbons (Fsp3) is 0.706. The number of amides is 1. The van der Waals surface area contributed by atoms with E-state index in [0.717, 1.165) is 23.8 Å². The zero-order valence-electron chi connectivity index (χ0n) is 14.9. The van der Waals surface area contributed by atoms with Gasteiger partial charge in [-0.25, -0.2) is 8.42 Å². The molecule has 2 heterocycles. The minimum Gasteiger partial charge on any atom is -0.352 e. The van der Waals surface area contributed by atoms with Crippen LogP contribution in [0.15, 0.2) is 17.8 Å². The lowest BCUT2D eigenvalue weighted by Gasteiger charge is -2.21. The predicted molar refractivity (Wildman–Crippen MR) is 102 cm³/mol. The first-order chi connectivity index (χ1) is 12.5. The number of carbonyl (C=O) groups is 1. The third-order valence-corrected chi connectivity index (χ3v) is 7.69. The average Bonchev–Trinajstić information content (AvgIpc) is 3.17. The molecule has 1 aromatic heterocycles. The van der Waals surface area contributed by atoms with Gasteiger partial charge in [0.1, 0.15) is 5.82 Å². The van der Waals surface area contributed by atoms with E-state index in [1.165, 1.54) is 31.0 Å². The number of hydrogen-bond donors (Lipinski definition) is 1. The van der Waals surface area contributed by atoms with E-state index in [4.69, 9.17) is 0 Å².